The van der Waals surface area contributed by atoms with Gasteiger partial charge in [-0.25, -0.2) is 14.8 Å². The number of anilines is 1. The van der Waals surface area contributed by atoms with Crippen molar-refractivity contribution >= 4 is 17.9 Å². The molecule has 0 aromatic carbocycles. The maximum absolute atomic E-state index is 12.5. The maximum Gasteiger partial charge on any atom is 0.433 e. The predicted molar refractivity (Wildman–Crippen MR) is 80.9 cm³/mol. The number of nitrogens with one attached hydrogen (secondary N) is 2. The Bertz CT molecular complexity index is 655. The Morgan fingerprint density at radius 3 is 2.72 bits per heavy atom. The van der Waals surface area contributed by atoms with Crippen LogP contribution in [-0.4, -0.2) is 58.2 Å². The average Bonchev–Trinajstić information content (AvgIpc) is 2.95. The topological polar surface area (TPSA) is 107 Å². The minimum atomic E-state index is -4.56. The Balaban J connectivity index is 1.77. The van der Waals surface area contributed by atoms with Gasteiger partial charge in [0.1, 0.15) is 5.69 Å². The minimum Gasteiger partial charge on any atom is -0.481 e. The summed E-state index contributed by atoms with van der Waals surface area (Å²) < 4.78 is 37.6. The fourth-order valence-electron chi connectivity index (χ4n) is 2.37. The van der Waals surface area contributed by atoms with E-state index in [0.717, 1.165) is 12.3 Å². The molecule has 1 unspecified atom stereocenters. The SMILES string of the molecule is CC1(C(=O)O)CCN(C(=O)NCCNc2nccc(C(F)(F)F)n2)C1. The van der Waals surface area contributed by atoms with Gasteiger partial charge in [-0.1, -0.05) is 0 Å². The van der Waals surface area contributed by atoms with Crippen LogP contribution in [0.2, 0.25) is 0 Å². The van der Waals surface area contributed by atoms with Crippen molar-refractivity contribution in [3.05, 3.63) is 18.0 Å². The van der Waals surface area contributed by atoms with Crippen LogP contribution in [0.15, 0.2) is 12.3 Å². The van der Waals surface area contributed by atoms with Crippen molar-refractivity contribution in [3.8, 4) is 0 Å². The standard InChI is InChI=1S/C14H18F3N5O3/c1-13(10(23)24)3-7-22(8-13)12(25)20-6-5-19-11-18-4-2-9(21-11)14(15,16)17/h2,4H,3,5-8H2,1H3,(H,20,25)(H,23,24)(H,18,19,21). The fraction of sp³-hybridized carbons (Fsp3) is 0.571. The molecule has 2 rings (SSSR count). The number of likely N-dealkylation sites (tertiary alicyclic amines) is 1. The lowest BCUT2D eigenvalue weighted by Crippen LogP contribution is -2.42. The van der Waals surface area contributed by atoms with Gasteiger partial charge in [-0.3, -0.25) is 4.79 Å². The number of aromatic nitrogens is 2. The van der Waals surface area contributed by atoms with Crippen molar-refractivity contribution in [1.29, 1.82) is 0 Å². The molecule has 3 N–H and O–H groups in total. The lowest BCUT2D eigenvalue weighted by Gasteiger charge is -2.20. The maximum atomic E-state index is 12.5. The first kappa shape index (κ1) is 18.7. The zero-order valence-corrected chi connectivity index (χ0v) is 13.4. The Labute approximate surface area is 141 Å². The van der Waals surface area contributed by atoms with Gasteiger partial charge in [0.2, 0.25) is 5.95 Å². The number of hydrogen-bond donors (Lipinski definition) is 3. The van der Waals surface area contributed by atoms with Crippen molar-refractivity contribution in [2.75, 3.05) is 31.5 Å². The Kier molecular flexibility index (Phi) is 5.33. The Hall–Kier alpha value is -2.59. The number of halogens is 3. The van der Waals surface area contributed by atoms with Gasteiger partial charge in [0, 0.05) is 32.4 Å². The molecule has 0 spiro atoms. The van der Waals surface area contributed by atoms with Gasteiger partial charge in [0.15, 0.2) is 0 Å². The second-order valence-corrected chi connectivity index (χ2v) is 5.96. The first-order valence-corrected chi connectivity index (χ1v) is 7.52. The molecule has 1 aromatic rings. The molecular formula is C14H18F3N5O3. The van der Waals surface area contributed by atoms with E-state index in [9.17, 15) is 22.8 Å². The van der Waals surface area contributed by atoms with E-state index in [1.165, 1.54) is 4.90 Å². The summed E-state index contributed by atoms with van der Waals surface area (Å²) in [6, 6.07) is 0.344. The molecule has 1 aliphatic heterocycles. The highest BCUT2D eigenvalue weighted by Crippen LogP contribution is 2.30. The van der Waals surface area contributed by atoms with Crippen LogP contribution in [0.5, 0.6) is 0 Å². The molecule has 0 saturated carbocycles. The van der Waals surface area contributed by atoms with Crippen molar-refractivity contribution in [1.82, 2.24) is 20.2 Å². The summed E-state index contributed by atoms with van der Waals surface area (Å²) in [7, 11) is 0. The quantitative estimate of drug-likeness (QED) is 0.685. The van der Waals surface area contributed by atoms with E-state index < -0.39 is 29.3 Å². The molecule has 2 amide bonds. The molecule has 25 heavy (non-hydrogen) atoms. The van der Waals surface area contributed by atoms with Gasteiger partial charge in [0.05, 0.1) is 5.41 Å². The minimum absolute atomic E-state index is 0.109. The lowest BCUT2D eigenvalue weighted by atomic mass is 9.90. The zero-order valence-electron chi connectivity index (χ0n) is 13.4. The Morgan fingerprint density at radius 2 is 2.12 bits per heavy atom. The van der Waals surface area contributed by atoms with E-state index in [0.29, 0.717) is 13.0 Å². The molecule has 1 fully saturated rings. The summed E-state index contributed by atoms with van der Waals surface area (Å²) >= 11 is 0. The number of urea groups is 1. The summed E-state index contributed by atoms with van der Waals surface area (Å²) in [6.45, 7) is 2.27. The molecule has 1 atom stereocenters. The molecule has 0 bridgehead atoms. The monoisotopic (exact) mass is 361 g/mol. The number of carboxylic acid groups (broad SMARTS) is 1. The van der Waals surface area contributed by atoms with Crippen molar-refractivity contribution in [2.24, 2.45) is 5.41 Å². The molecule has 11 heteroatoms. The van der Waals surface area contributed by atoms with E-state index in [2.05, 4.69) is 20.6 Å². The molecule has 1 saturated heterocycles. The number of amides is 2. The molecular weight excluding hydrogens is 343 g/mol. The number of alkyl halides is 3. The van der Waals surface area contributed by atoms with E-state index in [1.54, 1.807) is 6.92 Å². The van der Waals surface area contributed by atoms with Crippen molar-refractivity contribution in [2.45, 2.75) is 19.5 Å². The number of carbonyl (C=O) groups excluding carboxylic acids is 1. The van der Waals surface area contributed by atoms with Crippen LogP contribution in [0, 0.1) is 5.41 Å². The molecule has 1 aliphatic rings. The van der Waals surface area contributed by atoms with Gasteiger partial charge >= 0.3 is 18.2 Å². The fourth-order valence-corrected chi connectivity index (χ4v) is 2.37. The second kappa shape index (κ2) is 7.11. The number of carboxylic acids is 1. The summed E-state index contributed by atoms with van der Waals surface area (Å²) in [6.07, 6.45) is -3.19. The highest BCUT2D eigenvalue weighted by Gasteiger charge is 2.42. The highest BCUT2D eigenvalue weighted by molar-refractivity contribution is 5.79. The molecule has 0 aliphatic carbocycles. The van der Waals surface area contributed by atoms with E-state index >= 15 is 0 Å². The van der Waals surface area contributed by atoms with Crippen LogP contribution < -0.4 is 10.6 Å². The third-order valence-corrected chi connectivity index (χ3v) is 3.91. The molecule has 8 nitrogen and oxygen atoms in total. The first-order chi connectivity index (χ1) is 11.6. The van der Waals surface area contributed by atoms with Gasteiger partial charge in [0.25, 0.3) is 0 Å². The lowest BCUT2D eigenvalue weighted by molar-refractivity contribution is -0.147. The first-order valence-electron chi connectivity index (χ1n) is 7.52. The average molecular weight is 361 g/mol. The molecule has 1 aromatic heterocycles. The Morgan fingerprint density at radius 1 is 1.40 bits per heavy atom. The number of nitrogens with zero attached hydrogens (tertiary/aromatic N) is 3. The molecule has 2 heterocycles. The number of rotatable bonds is 5. The predicted octanol–water partition coefficient (Wildman–Crippen LogP) is 1.41. The second-order valence-electron chi connectivity index (χ2n) is 5.96. The van der Waals surface area contributed by atoms with Gasteiger partial charge in [-0.15, -0.1) is 0 Å². The molecule has 0 radical (unpaired) electrons. The van der Waals surface area contributed by atoms with Crippen LogP contribution in [0.25, 0.3) is 0 Å². The molecule has 138 valence electrons. The van der Waals surface area contributed by atoms with Crippen molar-refractivity contribution in [3.63, 3.8) is 0 Å². The van der Waals surface area contributed by atoms with Crippen LogP contribution in [-0.2, 0) is 11.0 Å². The van der Waals surface area contributed by atoms with Crippen LogP contribution >= 0.6 is 0 Å². The van der Waals surface area contributed by atoms with Crippen LogP contribution in [0.4, 0.5) is 23.9 Å². The van der Waals surface area contributed by atoms with E-state index in [-0.39, 0.29) is 25.6 Å². The van der Waals surface area contributed by atoms with Gasteiger partial charge in [-0.05, 0) is 19.4 Å². The van der Waals surface area contributed by atoms with Crippen LogP contribution in [0.1, 0.15) is 19.0 Å². The largest absolute Gasteiger partial charge is 0.481 e. The summed E-state index contributed by atoms with van der Waals surface area (Å²) in [5.74, 6) is -1.14. The number of hydrogen-bond acceptors (Lipinski definition) is 5. The smallest absolute Gasteiger partial charge is 0.433 e. The zero-order chi connectivity index (χ0) is 18.7. The summed E-state index contributed by atoms with van der Waals surface area (Å²) in [5, 5.41) is 14.3. The van der Waals surface area contributed by atoms with E-state index in [1.807, 2.05) is 0 Å². The third kappa shape index (κ3) is 4.70. The normalized spacial score (nSPS) is 20.4. The van der Waals surface area contributed by atoms with Gasteiger partial charge < -0.3 is 20.6 Å². The number of carbonyl (C=O) groups is 2. The summed E-state index contributed by atoms with van der Waals surface area (Å²) in [4.78, 5) is 31.5. The van der Waals surface area contributed by atoms with Crippen LogP contribution in [0.3, 0.4) is 0 Å². The third-order valence-electron chi connectivity index (χ3n) is 3.91. The summed E-state index contributed by atoms with van der Waals surface area (Å²) in [5.41, 5.74) is -2.01. The van der Waals surface area contributed by atoms with E-state index in [4.69, 9.17) is 5.11 Å². The number of aliphatic carboxylic acids is 1. The van der Waals surface area contributed by atoms with Crippen molar-refractivity contribution < 1.29 is 27.9 Å². The highest BCUT2D eigenvalue weighted by atomic mass is 19.4. The van der Waals surface area contributed by atoms with Gasteiger partial charge in [-0.2, -0.15) is 13.2 Å².